The van der Waals surface area contributed by atoms with Crippen molar-refractivity contribution in [1.82, 2.24) is 0 Å². The maximum Gasteiger partial charge on any atom is 0.234 e. The van der Waals surface area contributed by atoms with Gasteiger partial charge in [0.15, 0.2) is 0 Å². The molecule has 0 bridgehead atoms. The van der Waals surface area contributed by atoms with Gasteiger partial charge in [-0.2, -0.15) is 0 Å². The Morgan fingerprint density at radius 1 is 0.850 bits per heavy atom. The number of carbonyl (C=O) groups is 3. The topological polar surface area (TPSA) is 63.2 Å². The fraction of sp³-hybridized carbons (Fsp3) is 0.0625. The molecule has 2 aromatic carbocycles. The second-order valence-electron chi connectivity index (χ2n) is 4.65. The molecule has 0 aliphatic heterocycles. The zero-order valence-electron chi connectivity index (χ0n) is 10.8. The largest absolute Gasteiger partial charge is 0.326 e. The lowest BCUT2D eigenvalue weighted by Crippen LogP contribution is -2.21. The van der Waals surface area contributed by atoms with E-state index in [1.54, 1.807) is 30.3 Å². The van der Waals surface area contributed by atoms with Crippen LogP contribution in [0.5, 0.6) is 0 Å². The van der Waals surface area contributed by atoms with Gasteiger partial charge < -0.3 is 5.32 Å². The van der Waals surface area contributed by atoms with Gasteiger partial charge in [-0.25, -0.2) is 0 Å². The summed E-state index contributed by atoms with van der Waals surface area (Å²) >= 11 is 0. The highest BCUT2D eigenvalue weighted by molar-refractivity contribution is 6.53. The van der Waals surface area contributed by atoms with Gasteiger partial charge in [-0.05, 0) is 23.3 Å². The van der Waals surface area contributed by atoms with Crippen molar-refractivity contribution >= 4 is 23.2 Å². The first kappa shape index (κ1) is 12.3. The van der Waals surface area contributed by atoms with Crippen molar-refractivity contribution in [2.24, 2.45) is 0 Å². The predicted octanol–water partition coefficient (Wildman–Crippen LogP) is 2.69. The van der Waals surface area contributed by atoms with Crippen LogP contribution in [0.1, 0.15) is 27.6 Å². The van der Waals surface area contributed by atoms with E-state index in [1.807, 2.05) is 12.1 Å². The lowest BCUT2D eigenvalue weighted by atomic mass is 9.84. The van der Waals surface area contributed by atoms with Crippen molar-refractivity contribution < 1.29 is 14.4 Å². The van der Waals surface area contributed by atoms with Crippen molar-refractivity contribution in [3.8, 4) is 11.1 Å². The molecule has 0 heterocycles. The summed E-state index contributed by atoms with van der Waals surface area (Å²) in [6.45, 7) is 1.39. The Labute approximate surface area is 115 Å². The third-order valence-corrected chi connectivity index (χ3v) is 3.25. The van der Waals surface area contributed by atoms with E-state index in [9.17, 15) is 14.4 Å². The molecule has 0 aromatic heterocycles. The van der Waals surface area contributed by atoms with Crippen LogP contribution in [0.4, 0.5) is 5.69 Å². The first-order valence-corrected chi connectivity index (χ1v) is 6.18. The third kappa shape index (κ3) is 1.82. The van der Waals surface area contributed by atoms with Gasteiger partial charge in [-0.3, -0.25) is 14.4 Å². The first-order chi connectivity index (χ1) is 9.58. The zero-order chi connectivity index (χ0) is 14.3. The Morgan fingerprint density at radius 3 is 2.15 bits per heavy atom. The summed E-state index contributed by atoms with van der Waals surface area (Å²) in [5.41, 5.74) is 2.75. The Balaban J connectivity index is 2.21. The van der Waals surface area contributed by atoms with E-state index in [0.717, 1.165) is 11.1 Å². The number of hydrogen-bond donors (Lipinski definition) is 1. The van der Waals surface area contributed by atoms with E-state index >= 15 is 0 Å². The summed E-state index contributed by atoms with van der Waals surface area (Å²) in [6, 6.07) is 12.1. The second kappa shape index (κ2) is 4.42. The van der Waals surface area contributed by atoms with Crippen LogP contribution in [0.25, 0.3) is 11.1 Å². The molecule has 2 aromatic rings. The van der Waals surface area contributed by atoms with Crippen molar-refractivity contribution in [3.05, 3.63) is 53.6 Å². The molecule has 0 unspecified atom stereocenters. The number of benzene rings is 2. The minimum absolute atomic E-state index is 0.222. The van der Waals surface area contributed by atoms with Crippen LogP contribution in [-0.2, 0) is 4.79 Å². The van der Waals surface area contributed by atoms with Gasteiger partial charge >= 0.3 is 0 Å². The number of ketones is 2. The van der Waals surface area contributed by atoms with E-state index in [0.29, 0.717) is 16.8 Å². The highest BCUT2D eigenvalue weighted by Gasteiger charge is 2.30. The quantitative estimate of drug-likeness (QED) is 0.806. The average molecular weight is 265 g/mol. The van der Waals surface area contributed by atoms with Gasteiger partial charge in [0.1, 0.15) is 0 Å². The van der Waals surface area contributed by atoms with Gasteiger partial charge in [0, 0.05) is 23.7 Å². The summed E-state index contributed by atoms with van der Waals surface area (Å²) in [5.74, 6) is -1.26. The molecule has 1 N–H and O–H groups in total. The first-order valence-electron chi connectivity index (χ1n) is 6.18. The molecule has 1 aliphatic rings. The minimum atomic E-state index is -0.536. The number of carbonyl (C=O) groups excluding carboxylic acids is 3. The monoisotopic (exact) mass is 265 g/mol. The standard InChI is InChI=1S/C16H11NO3/c1-9(18)17-10-6-7-12-11-4-2-3-5-13(11)15(19)16(20)14(12)8-10/h2-8H,1H3,(H,17,18). The Hall–Kier alpha value is -2.75. The molecule has 4 nitrogen and oxygen atoms in total. The Morgan fingerprint density at radius 2 is 1.45 bits per heavy atom. The zero-order valence-corrected chi connectivity index (χ0v) is 10.8. The Bertz CT molecular complexity index is 762. The number of Topliss-reactive ketones (excluding diaryl/α,β-unsaturated/α-hetero) is 2. The van der Waals surface area contributed by atoms with Crippen LogP contribution >= 0.6 is 0 Å². The van der Waals surface area contributed by atoms with E-state index < -0.39 is 11.6 Å². The fourth-order valence-electron chi connectivity index (χ4n) is 2.41. The summed E-state index contributed by atoms with van der Waals surface area (Å²) in [4.78, 5) is 35.3. The minimum Gasteiger partial charge on any atom is -0.326 e. The van der Waals surface area contributed by atoms with Crippen LogP contribution in [0, 0.1) is 0 Å². The molecule has 0 atom stereocenters. The Kier molecular flexibility index (Phi) is 2.71. The highest BCUT2D eigenvalue weighted by Crippen LogP contribution is 2.34. The molecule has 1 amide bonds. The smallest absolute Gasteiger partial charge is 0.234 e. The van der Waals surface area contributed by atoms with E-state index in [1.165, 1.54) is 6.92 Å². The number of hydrogen-bond acceptors (Lipinski definition) is 3. The SMILES string of the molecule is CC(=O)Nc1ccc2c(c1)C(=O)C(=O)c1ccccc1-2. The number of fused-ring (bicyclic) bond motifs is 3. The highest BCUT2D eigenvalue weighted by atomic mass is 16.2. The van der Waals surface area contributed by atoms with E-state index in [4.69, 9.17) is 0 Å². The van der Waals surface area contributed by atoms with E-state index in [2.05, 4.69) is 5.32 Å². The lowest BCUT2D eigenvalue weighted by Gasteiger charge is -2.18. The molecular weight excluding hydrogens is 254 g/mol. The average Bonchev–Trinajstić information content (AvgIpc) is 2.44. The van der Waals surface area contributed by atoms with Crippen LogP contribution in [0.15, 0.2) is 42.5 Å². The van der Waals surface area contributed by atoms with Crippen molar-refractivity contribution in [2.75, 3.05) is 5.32 Å². The third-order valence-electron chi connectivity index (χ3n) is 3.25. The molecule has 20 heavy (non-hydrogen) atoms. The molecule has 98 valence electrons. The van der Waals surface area contributed by atoms with Crippen LogP contribution in [0.3, 0.4) is 0 Å². The predicted molar refractivity (Wildman–Crippen MR) is 74.8 cm³/mol. The number of rotatable bonds is 1. The van der Waals surface area contributed by atoms with Crippen molar-refractivity contribution in [2.45, 2.75) is 6.92 Å². The number of amides is 1. The van der Waals surface area contributed by atoms with Gasteiger partial charge in [-0.1, -0.05) is 30.3 Å². The van der Waals surface area contributed by atoms with Crippen LogP contribution in [-0.4, -0.2) is 17.5 Å². The lowest BCUT2D eigenvalue weighted by molar-refractivity contribution is -0.114. The van der Waals surface area contributed by atoms with Crippen molar-refractivity contribution in [3.63, 3.8) is 0 Å². The molecule has 0 radical (unpaired) electrons. The normalized spacial score (nSPS) is 12.7. The van der Waals surface area contributed by atoms with Crippen LogP contribution < -0.4 is 5.32 Å². The maximum absolute atomic E-state index is 12.2. The van der Waals surface area contributed by atoms with Gasteiger partial charge in [0.25, 0.3) is 0 Å². The molecule has 0 spiro atoms. The number of nitrogens with one attached hydrogen (secondary N) is 1. The van der Waals surface area contributed by atoms with E-state index in [-0.39, 0.29) is 5.91 Å². The van der Waals surface area contributed by atoms with Gasteiger partial charge in [-0.15, -0.1) is 0 Å². The fourth-order valence-corrected chi connectivity index (χ4v) is 2.41. The summed E-state index contributed by atoms with van der Waals surface area (Å²) < 4.78 is 0. The summed E-state index contributed by atoms with van der Waals surface area (Å²) in [6.07, 6.45) is 0. The molecule has 0 fully saturated rings. The molecule has 4 heteroatoms. The van der Waals surface area contributed by atoms with Gasteiger partial charge in [0.2, 0.25) is 17.5 Å². The number of anilines is 1. The summed E-state index contributed by atoms with van der Waals surface area (Å²) in [5, 5.41) is 2.61. The molecule has 0 saturated carbocycles. The van der Waals surface area contributed by atoms with Crippen molar-refractivity contribution in [1.29, 1.82) is 0 Å². The molecule has 3 rings (SSSR count). The van der Waals surface area contributed by atoms with Crippen LogP contribution in [0.2, 0.25) is 0 Å². The summed E-state index contributed by atoms with van der Waals surface area (Å²) in [7, 11) is 0. The molecule has 1 aliphatic carbocycles. The molecular formula is C16H11NO3. The second-order valence-corrected chi connectivity index (χ2v) is 4.65. The molecule has 0 saturated heterocycles. The van der Waals surface area contributed by atoms with Gasteiger partial charge in [0.05, 0.1) is 0 Å². The maximum atomic E-state index is 12.2.